The molecule has 0 atom stereocenters. The molecule has 1 aromatic rings. The van der Waals surface area contributed by atoms with Crippen molar-refractivity contribution in [2.75, 3.05) is 19.7 Å². The highest BCUT2D eigenvalue weighted by Crippen LogP contribution is 2.16. The van der Waals surface area contributed by atoms with Gasteiger partial charge in [0.15, 0.2) is 0 Å². The second-order valence-electron chi connectivity index (χ2n) is 5.25. The first-order chi connectivity index (χ1) is 8.70. The van der Waals surface area contributed by atoms with Gasteiger partial charge in [0, 0.05) is 0 Å². The first-order valence-corrected chi connectivity index (χ1v) is 7.09. The molecule has 0 unspecified atom stereocenters. The van der Waals surface area contributed by atoms with Crippen molar-refractivity contribution in [3.63, 3.8) is 0 Å². The van der Waals surface area contributed by atoms with Gasteiger partial charge in [0.25, 0.3) is 0 Å². The van der Waals surface area contributed by atoms with E-state index in [2.05, 4.69) is 32.2 Å². The summed E-state index contributed by atoms with van der Waals surface area (Å²) < 4.78 is 5.75. The highest BCUT2D eigenvalue weighted by atomic mass is 16.5. The quantitative estimate of drug-likeness (QED) is 0.672. The molecule has 2 heteroatoms. The minimum atomic E-state index is 0.793. The molecule has 102 valence electrons. The fourth-order valence-electron chi connectivity index (χ4n) is 1.77. The van der Waals surface area contributed by atoms with Crippen molar-refractivity contribution in [1.29, 1.82) is 0 Å². The van der Waals surface area contributed by atoms with Gasteiger partial charge in [0.1, 0.15) is 5.75 Å². The average molecular weight is 249 g/mol. The lowest BCUT2D eigenvalue weighted by Gasteiger charge is -2.09. The van der Waals surface area contributed by atoms with Gasteiger partial charge in [-0.2, -0.15) is 0 Å². The van der Waals surface area contributed by atoms with Crippen LogP contribution in [0.5, 0.6) is 5.75 Å². The van der Waals surface area contributed by atoms with Crippen molar-refractivity contribution in [1.82, 2.24) is 5.32 Å². The summed E-state index contributed by atoms with van der Waals surface area (Å²) in [4.78, 5) is 0. The summed E-state index contributed by atoms with van der Waals surface area (Å²) in [5.74, 6) is 1.81. The molecule has 0 fully saturated rings. The summed E-state index contributed by atoms with van der Waals surface area (Å²) in [5.41, 5.74) is 1.22. The summed E-state index contributed by atoms with van der Waals surface area (Å²) in [7, 11) is 0. The number of unbranched alkanes of at least 4 members (excludes halogenated alkanes) is 1. The highest BCUT2D eigenvalue weighted by molar-refractivity contribution is 5.31. The molecule has 0 aromatic heterocycles. The van der Waals surface area contributed by atoms with Gasteiger partial charge in [-0.15, -0.1) is 0 Å². The van der Waals surface area contributed by atoms with Crippen LogP contribution in [0.15, 0.2) is 24.3 Å². The van der Waals surface area contributed by atoms with E-state index in [1.165, 1.54) is 18.4 Å². The van der Waals surface area contributed by atoms with Gasteiger partial charge in [0.05, 0.1) is 6.61 Å². The first-order valence-electron chi connectivity index (χ1n) is 7.09. The Bertz CT molecular complexity index is 323. The van der Waals surface area contributed by atoms with Crippen LogP contribution in [0.2, 0.25) is 0 Å². The van der Waals surface area contributed by atoms with Crippen molar-refractivity contribution < 1.29 is 4.74 Å². The highest BCUT2D eigenvalue weighted by Gasteiger charge is 1.97. The normalized spacial score (nSPS) is 10.9. The number of benzene rings is 1. The second-order valence-corrected chi connectivity index (χ2v) is 5.25. The van der Waals surface area contributed by atoms with E-state index in [-0.39, 0.29) is 0 Å². The van der Waals surface area contributed by atoms with E-state index < -0.39 is 0 Å². The molecule has 0 aliphatic heterocycles. The van der Waals surface area contributed by atoms with E-state index in [0.717, 1.165) is 37.8 Å². The van der Waals surface area contributed by atoms with Crippen molar-refractivity contribution in [2.24, 2.45) is 5.92 Å². The van der Waals surface area contributed by atoms with Gasteiger partial charge in [-0.25, -0.2) is 0 Å². The molecular formula is C16H27NO. The Morgan fingerprint density at radius 3 is 2.61 bits per heavy atom. The Balaban J connectivity index is 1.98. The van der Waals surface area contributed by atoms with Crippen LogP contribution < -0.4 is 10.1 Å². The van der Waals surface area contributed by atoms with E-state index in [9.17, 15) is 0 Å². The zero-order chi connectivity index (χ0) is 13.2. The smallest absolute Gasteiger partial charge is 0.122 e. The van der Waals surface area contributed by atoms with Crippen molar-refractivity contribution in [2.45, 2.75) is 40.0 Å². The molecule has 1 N–H and O–H groups in total. The molecule has 0 saturated carbocycles. The predicted octanol–water partition coefficient (Wildman–Crippen LogP) is 3.79. The third-order valence-electron chi connectivity index (χ3n) is 3.00. The molecule has 0 heterocycles. The van der Waals surface area contributed by atoms with Crippen LogP contribution >= 0.6 is 0 Å². The molecule has 1 rings (SSSR count). The maximum Gasteiger partial charge on any atom is 0.122 e. The second kappa shape index (κ2) is 8.98. The molecule has 18 heavy (non-hydrogen) atoms. The van der Waals surface area contributed by atoms with Crippen molar-refractivity contribution in [3.05, 3.63) is 29.8 Å². The lowest BCUT2D eigenvalue weighted by atomic mass is 10.1. The maximum absolute atomic E-state index is 5.75. The molecule has 0 bridgehead atoms. The van der Waals surface area contributed by atoms with E-state index in [0.29, 0.717) is 0 Å². The van der Waals surface area contributed by atoms with Crippen LogP contribution in [0, 0.1) is 12.8 Å². The zero-order valence-corrected chi connectivity index (χ0v) is 12.0. The van der Waals surface area contributed by atoms with Crippen LogP contribution in [0.4, 0.5) is 0 Å². The van der Waals surface area contributed by atoms with Crippen molar-refractivity contribution >= 4 is 0 Å². The lowest BCUT2D eigenvalue weighted by molar-refractivity contribution is 0.303. The Hall–Kier alpha value is -1.02. The van der Waals surface area contributed by atoms with Crippen LogP contribution in [-0.4, -0.2) is 19.7 Å². The number of para-hydroxylation sites is 1. The van der Waals surface area contributed by atoms with Gasteiger partial charge < -0.3 is 10.1 Å². The minimum absolute atomic E-state index is 0.793. The monoisotopic (exact) mass is 249 g/mol. The molecule has 0 radical (unpaired) electrons. The summed E-state index contributed by atoms with van der Waals surface area (Å²) >= 11 is 0. The van der Waals surface area contributed by atoms with Crippen LogP contribution in [0.25, 0.3) is 0 Å². The van der Waals surface area contributed by atoms with Crippen LogP contribution in [0.3, 0.4) is 0 Å². The largest absolute Gasteiger partial charge is 0.493 e. The third-order valence-corrected chi connectivity index (χ3v) is 3.00. The zero-order valence-electron chi connectivity index (χ0n) is 12.0. The van der Waals surface area contributed by atoms with E-state index in [1.807, 2.05) is 18.2 Å². The summed E-state index contributed by atoms with van der Waals surface area (Å²) in [6.07, 6.45) is 3.56. The van der Waals surface area contributed by atoms with Crippen LogP contribution in [0.1, 0.15) is 38.7 Å². The number of aryl methyl sites for hydroxylation is 1. The molecule has 0 amide bonds. The Kier molecular flexibility index (Phi) is 7.51. The summed E-state index contributed by atoms with van der Waals surface area (Å²) in [6.45, 7) is 9.66. The van der Waals surface area contributed by atoms with Gasteiger partial charge in [0.2, 0.25) is 0 Å². The molecule has 0 aliphatic carbocycles. The molecular weight excluding hydrogens is 222 g/mol. The molecule has 0 saturated heterocycles. The predicted molar refractivity (Wildman–Crippen MR) is 78.2 cm³/mol. The molecule has 2 nitrogen and oxygen atoms in total. The van der Waals surface area contributed by atoms with E-state index >= 15 is 0 Å². The Labute approximate surface area is 112 Å². The van der Waals surface area contributed by atoms with E-state index in [1.54, 1.807) is 0 Å². The summed E-state index contributed by atoms with van der Waals surface area (Å²) in [6, 6.07) is 8.19. The standard InChI is InChI=1S/C16H27NO/c1-14(2)10-12-17-11-6-7-13-18-16-9-5-4-8-15(16)3/h4-5,8-9,14,17H,6-7,10-13H2,1-3H3. The topological polar surface area (TPSA) is 21.3 Å². The number of hydrogen-bond acceptors (Lipinski definition) is 2. The number of nitrogens with one attached hydrogen (secondary N) is 1. The fraction of sp³-hybridized carbons (Fsp3) is 0.625. The fourth-order valence-corrected chi connectivity index (χ4v) is 1.77. The number of hydrogen-bond donors (Lipinski definition) is 1. The first kappa shape index (κ1) is 15.0. The molecule has 0 spiro atoms. The lowest BCUT2D eigenvalue weighted by Crippen LogP contribution is -2.18. The summed E-state index contributed by atoms with van der Waals surface area (Å²) in [5, 5.41) is 3.47. The van der Waals surface area contributed by atoms with Gasteiger partial charge in [-0.1, -0.05) is 32.0 Å². The number of rotatable bonds is 9. The van der Waals surface area contributed by atoms with Gasteiger partial charge >= 0.3 is 0 Å². The number of ether oxygens (including phenoxy) is 1. The van der Waals surface area contributed by atoms with Crippen molar-refractivity contribution in [3.8, 4) is 5.75 Å². The molecule has 0 aliphatic rings. The SMILES string of the molecule is Cc1ccccc1OCCCCNCCC(C)C. The molecule has 1 aromatic carbocycles. The van der Waals surface area contributed by atoms with E-state index in [4.69, 9.17) is 4.74 Å². The third kappa shape index (κ3) is 6.65. The van der Waals surface area contributed by atoms with Gasteiger partial charge in [-0.3, -0.25) is 0 Å². The minimum Gasteiger partial charge on any atom is -0.493 e. The Morgan fingerprint density at radius 2 is 1.89 bits per heavy atom. The van der Waals surface area contributed by atoms with Crippen LogP contribution in [-0.2, 0) is 0 Å². The average Bonchev–Trinajstić information content (AvgIpc) is 2.34. The maximum atomic E-state index is 5.75. The van der Waals surface area contributed by atoms with Gasteiger partial charge in [-0.05, 0) is 56.8 Å². The Morgan fingerprint density at radius 1 is 1.11 bits per heavy atom.